The summed E-state index contributed by atoms with van der Waals surface area (Å²) in [4.78, 5) is 0. The molecule has 0 saturated heterocycles. The molecule has 0 aliphatic rings. The summed E-state index contributed by atoms with van der Waals surface area (Å²) >= 11 is 0. The van der Waals surface area contributed by atoms with Gasteiger partial charge in [0.25, 0.3) is 0 Å². The minimum absolute atomic E-state index is 0.648. The van der Waals surface area contributed by atoms with Gasteiger partial charge in [0, 0.05) is 13.2 Å². The molecule has 0 unspecified atom stereocenters. The number of benzene rings is 4. The van der Waals surface area contributed by atoms with E-state index < -0.39 is 0 Å². The summed E-state index contributed by atoms with van der Waals surface area (Å²) in [6.07, 6.45) is 9.20. The van der Waals surface area contributed by atoms with Crippen molar-refractivity contribution in [2.24, 2.45) is 11.8 Å². The smallest absolute Gasteiger partial charge is 0.0466 e. The maximum Gasteiger partial charge on any atom is 0.0466 e. The van der Waals surface area contributed by atoms with Crippen molar-refractivity contribution in [1.29, 1.82) is 0 Å². The second-order valence-corrected chi connectivity index (χ2v) is 10.4. The van der Waals surface area contributed by atoms with Crippen molar-refractivity contribution in [3.05, 3.63) is 144 Å². The third-order valence-electron chi connectivity index (χ3n) is 7.27. The molecule has 0 heterocycles. The van der Waals surface area contributed by atoms with Crippen LogP contribution >= 0.6 is 0 Å². The van der Waals surface area contributed by atoms with Crippen LogP contribution in [0.15, 0.2) is 121 Å². The molecule has 37 heavy (non-hydrogen) atoms. The first-order chi connectivity index (χ1) is 18.3. The van der Waals surface area contributed by atoms with Crippen molar-refractivity contribution in [2.45, 2.75) is 51.4 Å². The van der Waals surface area contributed by atoms with E-state index in [1.54, 1.807) is 0 Å². The average molecular weight is 491 g/mol. The van der Waals surface area contributed by atoms with Crippen LogP contribution in [-0.4, -0.2) is 13.2 Å². The highest BCUT2D eigenvalue weighted by atomic mass is 16.5. The Morgan fingerprint density at radius 2 is 0.649 bits per heavy atom. The van der Waals surface area contributed by atoms with Gasteiger partial charge >= 0.3 is 0 Å². The van der Waals surface area contributed by atoms with Crippen molar-refractivity contribution in [3.63, 3.8) is 0 Å². The molecule has 0 fully saturated rings. The molecular formula is C36H42O. The highest BCUT2D eigenvalue weighted by Gasteiger charge is 2.13. The lowest BCUT2D eigenvalue weighted by Crippen LogP contribution is -2.11. The zero-order valence-corrected chi connectivity index (χ0v) is 22.2. The standard InChI is InChI=1S/C36H42O/c1-5-15-31(16-6-1)27-35(28-32-17-7-2-8-18-32)23-13-25-37-26-14-24-36(29-33-19-9-3-10-20-33)30-34-21-11-4-12-22-34/h1-12,15-22,35-36H,13-14,23-30H2. The number of hydrogen-bond acceptors (Lipinski definition) is 1. The highest BCUT2D eigenvalue weighted by Crippen LogP contribution is 2.21. The quantitative estimate of drug-likeness (QED) is 0.143. The van der Waals surface area contributed by atoms with Gasteiger partial charge in [-0.1, -0.05) is 121 Å². The van der Waals surface area contributed by atoms with E-state index in [1.165, 1.54) is 35.1 Å². The van der Waals surface area contributed by atoms with E-state index in [2.05, 4.69) is 121 Å². The molecule has 192 valence electrons. The summed E-state index contributed by atoms with van der Waals surface area (Å²) in [5, 5.41) is 0. The van der Waals surface area contributed by atoms with Gasteiger partial charge in [0.2, 0.25) is 0 Å². The Kier molecular flexibility index (Phi) is 11.5. The van der Waals surface area contributed by atoms with Crippen LogP contribution in [0.5, 0.6) is 0 Å². The van der Waals surface area contributed by atoms with Crippen molar-refractivity contribution < 1.29 is 4.74 Å². The molecule has 0 N–H and O–H groups in total. The van der Waals surface area contributed by atoms with Crippen molar-refractivity contribution in [2.75, 3.05) is 13.2 Å². The lowest BCUT2D eigenvalue weighted by Gasteiger charge is -2.18. The van der Waals surface area contributed by atoms with Crippen LogP contribution in [0.3, 0.4) is 0 Å². The zero-order chi connectivity index (χ0) is 25.4. The number of ether oxygens (including phenoxy) is 1. The summed E-state index contributed by atoms with van der Waals surface area (Å²) < 4.78 is 6.14. The summed E-state index contributed by atoms with van der Waals surface area (Å²) in [5.41, 5.74) is 5.75. The molecule has 0 bridgehead atoms. The molecule has 0 amide bonds. The molecule has 0 aromatic heterocycles. The first kappa shape index (κ1) is 26.9. The lowest BCUT2D eigenvalue weighted by atomic mass is 9.89. The first-order valence-electron chi connectivity index (χ1n) is 14.1. The van der Waals surface area contributed by atoms with Crippen LogP contribution < -0.4 is 0 Å². The van der Waals surface area contributed by atoms with Gasteiger partial charge in [-0.3, -0.25) is 0 Å². The van der Waals surface area contributed by atoms with Gasteiger partial charge in [0.05, 0.1) is 0 Å². The fourth-order valence-corrected chi connectivity index (χ4v) is 5.39. The fourth-order valence-electron chi connectivity index (χ4n) is 5.39. The molecule has 4 aromatic rings. The van der Waals surface area contributed by atoms with Crippen molar-refractivity contribution in [1.82, 2.24) is 0 Å². The normalized spacial score (nSPS) is 11.3. The predicted octanol–water partition coefficient (Wildman–Crippen LogP) is 8.77. The van der Waals surface area contributed by atoms with Crippen LogP contribution in [0, 0.1) is 11.8 Å². The Bertz CT molecular complexity index is 919. The molecule has 0 saturated carbocycles. The van der Waals surface area contributed by atoms with Crippen molar-refractivity contribution in [3.8, 4) is 0 Å². The van der Waals surface area contributed by atoms with E-state index in [-0.39, 0.29) is 0 Å². The molecule has 0 radical (unpaired) electrons. The summed E-state index contributed by atoms with van der Waals surface area (Å²) in [7, 11) is 0. The van der Waals surface area contributed by atoms with Crippen LogP contribution in [0.4, 0.5) is 0 Å². The Morgan fingerprint density at radius 3 is 0.919 bits per heavy atom. The molecule has 1 heteroatoms. The van der Waals surface area contributed by atoms with E-state index >= 15 is 0 Å². The van der Waals surface area contributed by atoms with E-state index in [9.17, 15) is 0 Å². The van der Waals surface area contributed by atoms with Gasteiger partial charge in [0.15, 0.2) is 0 Å². The molecular weight excluding hydrogens is 448 g/mol. The van der Waals surface area contributed by atoms with Gasteiger partial charge in [0.1, 0.15) is 0 Å². The van der Waals surface area contributed by atoms with Gasteiger partial charge < -0.3 is 4.74 Å². The Morgan fingerprint density at radius 1 is 0.378 bits per heavy atom. The fraction of sp³-hybridized carbons (Fsp3) is 0.333. The van der Waals surface area contributed by atoms with E-state index in [0.29, 0.717) is 11.8 Å². The predicted molar refractivity (Wildman–Crippen MR) is 157 cm³/mol. The molecule has 0 atom stereocenters. The summed E-state index contributed by atoms with van der Waals surface area (Å²) in [6, 6.07) is 43.7. The van der Waals surface area contributed by atoms with Crippen LogP contribution in [0.25, 0.3) is 0 Å². The van der Waals surface area contributed by atoms with Crippen molar-refractivity contribution >= 4 is 0 Å². The highest BCUT2D eigenvalue weighted by molar-refractivity contribution is 5.20. The maximum absolute atomic E-state index is 6.14. The minimum atomic E-state index is 0.648. The van der Waals surface area contributed by atoms with Crippen LogP contribution in [0.2, 0.25) is 0 Å². The minimum Gasteiger partial charge on any atom is -0.381 e. The maximum atomic E-state index is 6.14. The van der Waals surface area contributed by atoms with Gasteiger partial charge in [-0.05, 0) is 85.5 Å². The van der Waals surface area contributed by atoms with Gasteiger partial charge in [-0.15, -0.1) is 0 Å². The molecule has 4 aromatic carbocycles. The Balaban J connectivity index is 1.20. The second kappa shape index (κ2) is 15.8. The topological polar surface area (TPSA) is 9.23 Å². The number of rotatable bonds is 16. The second-order valence-electron chi connectivity index (χ2n) is 10.4. The Labute approximate surface area is 224 Å². The lowest BCUT2D eigenvalue weighted by molar-refractivity contribution is 0.119. The first-order valence-corrected chi connectivity index (χ1v) is 14.1. The van der Waals surface area contributed by atoms with E-state index in [4.69, 9.17) is 4.74 Å². The van der Waals surface area contributed by atoms with Crippen LogP contribution in [-0.2, 0) is 30.4 Å². The molecule has 0 spiro atoms. The monoisotopic (exact) mass is 490 g/mol. The van der Waals surface area contributed by atoms with E-state index in [1.807, 2.05) is 0 Å². The molecule has 0 aliphatic heterocycles. The van der Waals surface area contributed by atoms with Gasteiger partial charge in [-0.2, -0.15) is 0 Å². The zero-order valence-electron chi connectivity index (χ0n) is 22.2. The largest absolute Gasteiger partial charge is 0.381 e. The molecule has 4 rings (SSSR count). The summed E-state index contributed by atoms with van der Waals surface area (Å²) in [5.74, 6) is 1.30. The molecule has 1 nitrogen and oxygen atoms in total. The Hall–Kier alpha value is -3.16. The third-order valence-corrected chi connectivity index (χ3v) is 7.27. The third kappa shape index (κ3) is 10.4. The summed E-state index contributed by atoms with van der Waals surface area (Å²) in [6.45, 7) is 1.73. The van der Waals surface area contributed by atoms with E-state index in [0.717, 1.165) is 51.7 Å². The SMILES string of the molecule is c1ccc(CC(CCCOCCCC(Cc2ccccc2)Cc2ccccc2)Cc2ccccc2)cc1. The molecule has 0 aliphatic carbocycles. The van der Waals surface area contributed by atoms with Crippen LogP contribution in [0.1, 0.15) is 47.9 Å². The van der Waals surface area contributed by atoms with Gasteiger partial charge in [-0.25, -0.2) is 0 Å². The average Bonchev–Trinajstić information content (AvgIpc) is 2.94. The number of hydrogen-bond donors (Lipinski definition) is 0.